The van der Waals surface area contributed by atoms with Gasteiger partial charge in [-0.25, -0.2) is 0 Å². The van der Waals surface area contributed by atoms with Gasteiger partial charge in [0.25, 0.3) is 0 Å². The topological polar surface area (TPSA) is 12.0 Å². The highest BCUT2D eigenvalue weighted by molar-refractivity contribution is 6.30. The first-order valence-corrected chi connectivity index (χ1v) is 5.15. The first-order chi connectivity index (χ1) is 6.25. The van der Waals surface area contributed by atoms with Crippen LogP contribution < -0.4 is 5.32 Å². The number of benzene rings is 1. The molecule has 0 saturated heterocycles. The predicted octanol–water partition coefficient (Wildman–Crippen LogP) is 3.57. The Kier molecular flexibility index (Phi) is 4.24. The molecule has 1 nitrogen and oxygen atoms in total. The fourth-order valence-corrected chi connectivity index (χ4v) is 1.58. The molecule has 1 aliphatic rings. The summed E-state index contributed by atoms with van der Waals surface area (Å²) in [6.45, 7) is 2.20. The van der Waals surface area contributed by atoms with Crippen molar-refractivity contribution in [1.82, 2.24) is 5.32 Å². The third-order valence-corrected chi connectivity index (χ3v) is 2.69. The largest absolute Gasteiger partial charge is 0.307 e. The van der Waals surface area contributed by atoms with Crippen LogP contribution in [-0.2, 0) is 0 Å². The molecule has 0 heterocycles. The molecule has 0 spiro atoms. The van der Waals surface area contributed by atoms with Crippen LogP contribution in [0.2, 0.25) is 5.02 Å². The average molecular weight is 232 g/mol. The molecular formula is C11H15Cl2N. The van der Waals surface area contributed by atoms with Gasteiger partial charge in [0.15, 0.2) is 0 Å². The van der Waals surface area contributed by atoms with E-state index in [1.165, 1.54) is 18.4 Å². The van der Waals surface area contributed by atoms with Crippen LogP contribution in [0.5, 0.6) is 0 Å². The molecule has 0 bridgehead atoms. The van der Waals surface area contributed by atoms with Gasteiger partial charge in [0.05, 0.1) is 0 Å². The van der Waals surface area contributed by atoms with Crippen LogP contribution in [0.3, 0.4) is 0 Å². The van der Waals surface area contributed by atoms with Crippen molar-refractivity contribution in [3.63, 3.8) is 0 Å². The molecule has 0 aromatic heterocycles. The molecule has 1 fully saturated rings. The Morgan fingerprint density at radius 2 is 1.86 bits per heavy atom. The highest BCUT2D eigenvalue weighted by Crippen LogP contribution is 2.24. The minimum absolute atomic E-state index is 0. The molecule has 1 unspecified atom stereocenters. The van der Waals surface area contributed by atoms with E-state index in [1.807, 2.05) is 12.1 Å². The fraction of sp³-hybridized carbons (Fsp3) is 0.455. The van der Waals surface area contributed by atoms with Crippen LogP contribution in [0, 0.1) is 0 Å². The highest BCUT2D eigenvalue weighted by atomic mass is 35.5. The van der Waals surface area contributed by atoms with Gasteiger partial charge in [-0.05, 0) is 37.5 Å². The van der Waals surface area contributed by atoms with E-state index < -0.39 is 0 Å². The molecule has 0 radical (unpaired) electrons. The second kappa shape index (κ2) is 5.01. The van der Waals surface area contributed by atoms with E-state index >= 15 is 0 Å². The van der Waals surface area contributed by atoms with E-state index in [4.69, 9.17) is 11.6 Å². The Labute approximate surface area is 96.3 Å². The molecular weight excluding hydrogens is 217 g/mol. The van der Waals surface area contributed by atoms with Gasteiger partial charge in [-0.1, -0.05) is 23.7 Å². The van der Waals surface area contributed by atoms with Crippen molar-refractivity contribution in [2.75, 3.05) is 0 Å². The molecule has 78 valence electrons. The third-order valence-electron chi connectivity index (χ3n) is 2.43. The van der Waals surface area contributed by atoms with Crippen LogP contribution in [0.4, 0.5) is 0 Å². The van der Waals surface area contributed by atoms with E-state index in [9.17, 15) is 0 Å². The lowest BCUT2D eigenvalue weighted by atomic mass is 10.1. The van der Waals surface area contributed by atoms with Gasteiger partial charge in [0.1, 0.15) is 0 Å². The van der Waals surface area contributed by atoms with E-state index in [1.54, 1.807) is 0 Å². The van der Waals surface area contributed by atoms with Gasteiger partial charge >= 0.3 is 0 Å². The van der Waals surface area contributed by atoms with Crippen LogP contribution in [0.25, 0.3) is 0 Å². The maximum absolute atomic E-state index is 5.81. The van der Waals surface area contributed by atoms with Crippen LogP contribution in [0.1, 0.15) is 31.4 Å². The quantitative estimate of drug-likeness (QED) is 0.839. The number of halogens is 2. The summed E-state index contributed by atoms with van der Waals surface area (Å²) in [6, 6.07) is 9.27. The maximum Gasteiger partial charge on any atom is 0.0406 e. The summed E-state index contributed by atoms with van der Waals surface area (Å²) in [7, 11) is 0. The number of rotatable bonds is 3. The van der Waals surface area contributed by atoms with Crippen molar-refractivity contribution < 1.29 is 0 Å². The molecule has 0 aliphatic heterocycles. The lowest BCUT2D eigenvalue weighted by molar-refractivity contribution is 0.571. The van der Waals surface area contributed by atoms with E-state index in [2.05, 4.69) is 24.4 Å². The minimum atomic E-state index is 0. The lowest BCUT2D eigenvalue weighted by Gasteiger charge is -2.13. The molecule has 1 aromatic carbocycles. The Hall–Kier alpha value is -0.240. The van der Waals surface area contributed by atoms with Gasteiger partial charge in [-0.3, -0.25) is 0 Å². The molecule has 14 heavy (non-hydrogen) atoms. The van der Waals surface area contributed by atoms with Crippen molar-refractivity contribution in [2.45, 2.75) is 31.8 Å². The lowest BCUT2D eigenvalue weighted by Crippen LogP contribution is -2.20. The zero-order valence-electron chi connectivity index (χ0n) is 8.16. The van der Waals surface area contributed by atoms with Crippen LogP contribution >= 0.6 is 24.0 Å². The van der Waals surface area contributed by atoms with Crippen molar-refractivity contribution in [2.24, 2.45) is 0 Å². The molecule has 3 heteroatoms. The summed E-state index contributed by atoms with van der Waals surface area (Å²) >= 11 is 5.81. The monoisotopic (exact) mass is 231 g/mol. The van der Waals surface area contributed by atoms with Gasteiger partial charge < -0.3 is 5.32 Å². The summed E-state index contributed by atoms with van der Waals surface area (Å²) < 4.78 is 0. The number of nitrogens with one attached hydrogen (secondary N) is 1. The van der Waals surface area contributed by atoms with Gasteiger partial charge in [0, 0.05) is 17.1 Å². The van der Waals surface area contributed by atoms with Crippen molar-refractivity contribution >= 4 is 24.0 Å². The summed E-state index contributed by atoms with van der Waals surface area (Å²) in [6.07, 6.45) is 2.66. The summed E-state index contributed by atoms with van der Waals surface area (Å²) in [5, 5.41) is 4.35. The number of hydrogen-bond donors (Lipinski definition) is 1. The number of hydrogen-bond acceptors (Lipinski definition) is 1. The van der Waals surface area contributed by atoms with Gasteiger partial charge in [0.2, 0.25) is 0 Å². The Morgan fingerprint density at radius 1 is 1.29 bits per heavy atom. The Bertz CT molecular complexity index is 280. The molecule has 1 atom stereocenters. The smallest absolute Gasteiger partial charge is 0.0406 e. The first kappa shape index (κ1) is 11.8. The third kappa shape index (κ3) is 3.16. The normalized spacial score (nSPS) is 17.3. The van der Waals surface area contributed by atoms with Crippen molar-refractivity contribution in [3.8, 4) is 0 Å². The van der Waals surface area contributed by atoms with Gasteiger partial charge in [-0.2, -0.15) is 0 Å². The molecule has 1 aliphatic carbocycles. The fourth-order valence-electron chi connectivity index (χ4n) is 1.45. The second-order valence-electron chi connectivity index (χ2n) is 3.71. The SMILES string of the molecule is CC(NC1CC1)c1ccc(Cl)cc1.Cl. The maximum atomic E-state index is 5.81. The molecule has 0 amide bonds. The van der Waals surface area contributed by atoms with Crippen molar-refractivity contribution in [1.29, 1.82) is 0 Å². The highest BCUT2D eigenvalue weighted by Gasteiger charge is 2.22. The Morgan fingerprint density at radius 3 is 2.36 bits per heavy atom. The Balaban J connectivity index is 0.000000980. The summed E-state index contributed by atoms with van der Waals surface area (Å²) in [5.74, 6) is 0. The van der Waals surface area contributed by atoms with E-state index in [0.29, 0.717) is 6.04 Å². The van der Waals surface area contributed by atoms with Crippen LogP contribution in [-0.4, -0.2) is 6.04 Å². The van der Waals surface area contributed by atoms with Crippen LogP contribution in [0.15, 0.2) is 24.3 Å². The first-order valence-electron chi connectivity index (χ1n) is 4.77. The van der Waals surface area contributed by atoms with Crippen molar-refractivity contribution in [3.05, 3.63) is 34.9 Å². The zero-order valence-corrected chi connectivity index (χ0v) is 9.74. The summed E-state index contributed by atoms with van der Waals surface area (Å²) in [4.78, 5) is 0. The average Bonchev–Trinajstić information content (AvgIpc) is 2.89. The molecule has 1 saturated carbocycles. The predicted molar refractivity (Wildman–Crippen MR) is 63.3 cm³/mol. The molecule has 2 rings (SSSR count). The zero-order chi connectivity index (χ0) is 9.26. The second-order valence-corrected chi connectivity index (χ2v) is 4.15. The molecule has 1 aromatic rings. The standard InChI is InChI=1S/C11H14ClN.ClH/c1-8(13-11-6-7-11)9-2-4-10(12)5-3-9;/h2-5,8,11,13H,6-7H2,1H3;1H. The summed E-state index contributed by atoms with van der Waals surface area (Å²) in [5.41, 5.74) is 1.32. The van der Waals surface area contributed by atoms with Gasteiger partial charge in [-0.15, -0.1) is 12.4 Å². The molecule has 1 N–H and O–H groups in total. The van der Waals surface area contributed by atoms with E-state index in [0.717, 1.165) is 11.1 Å². The minimum Gasteiger partial charge on any atom is -0.307 e. The van der Waals surface area contributed by atoms with E-state index in [-0.39, 0.29) is 12.4 Å².